The minimum absolute atomic E-state index is 0.0322. The Balaban J connectivity index is 1.42. The van der Waals surface area contributed by atoms with Crippen LogP contribution in [0.2, 0.25) is 0 Å². The second kappa shape index (κ2) is 9.87. The number of amides is 1. The van der Waals surface area contributed by atoms with Gasteiger partial charge in [0.25, 0.3) is 5.91 Å². The summed E-state index contributed by atoms with van der Waals surface area (Å²) in [6.07, 6.45) is 3.60. The Bertz CT molecular complexity index is 1080. The number of hydrogen-bond acceptors (Lipinski definition) is 6. The molecule has 1 aliphatic heterocycles. The van der Waals surface area contributed by atoms with Crippen molar-refractivity contribution in [3.63, 3.8) is 0 Å². The normalized spacial score (nSPS) is 16.0. The van der Waals surface area contributed by atoms with Gasteiger partial charge in [0.1, 0.15) is 5.82 Å². The number of anilines is 1. The van der Waals surface area contributed by atoms with Crippen molar-refractivity contribution in [1.29, 1.82) is 0 Å². The molecule has 0 spiro atoms. The molecule has 8 heteroatoms. The van der Waals surface area contributed by atoms with Crippen molar-refractivity contribution in [2.75, 3.05) is 37.6 Å². The van der Waals surface area contributed by atoms with Crippen LogP contribution >= 0.6 is 0 Å². The lowest BCUT2D eigenvalue weighted by Crippen LogP contribution is -2.51. The highest BCUT2D eigenvalue weighted by Crippen LogP contribution is 2.24. The van der Waals surface area contributed by atoms with Crippen molar-refractivity contribution in [3.05, 3.63) is 47.9 Å². The molecule has 3 aromatic heterocycles. The smallest absolute Gasteiger partial charge is 0.252 e. The first-order valence-electron chi connectivity index (χ1n) is 11.9. The molecule has 0 aromatic carbocycles. The van der Waals surface area contributed by atoms with E-state index in [1.165, 1.54) is 0 Å². The molecule has 1 N–H and O–H groups in total. The average Bonchev–Trinajstić information content (AvgIpc) is 3.23. The Hall–Kier alpha value is -3.00. The quantitative estimate of drug-likeness (QED) is 0.595. The van der Waals surface area contributed by atoms with Crippen LogP contribution in [0.5, 0.6) is 0 Å². The fourth-order valence-corrected chi connectivity index (χ4v) is 4.33. The summed E-state index contributed by atoms with van der Waals surface area (Å²) in [4.78, 5) is 27.3. The zero-order chi connectivity index (χ0) is 23.5. The van der Waals surface area contributed by atoms with Crippen molar-refractivity contribution >= 4 is 22.8 Å². The standard InChI is InChI=1S/C25H35N7O/c1-17(2)22-14-20(21-15-27-32(18(3)4)24(21)29-22)25(33)28-19(5)16-30-10-12-31(13-11-30)23-8-6-7-9-26-23/h6-9,14-15,17-19H,10-13,16H2,1-5H3,(H,28,33). The Morgan fingerprint density at radius 1 is 1.09 bits per heavy atom. The topological polar surface area (TPSA) is 79.2 Å². The Morgan fingerprint density at radius 3 is 2.48 bits per heavy atom. The molecule has 3 aromatic rings. The van der Waals surface area contributed by atoms with Gasteiger partial charge in [-0.15, -0.1) is 0 Å². The summed E-state index contributed by atoms with van der Waals surface area (Å²) in [6, 6.07) is 8.16. The Kier molecular flexibility index (Phi) is 6.93. The van der Waals surface area contributed by atoms with Gasteiger partial charge >= 0.3 is 0 Å². The monoisotopic (exact) mass is 449 g/mol. The lowest BCUT2D eigenvalue weighted by atomic mass is 10.0. The van der Waals surface area contributed by atoms with Crippen LogP contribution in [0.15, 0.2) is 36.7 Å². The molecule has 0 aliphatic carbocycles. The molecule has 4 rings (SSSR count). The van der Waals surface area contributed by atoms with Gasteiger partial charge in [-0.25, -0.2) is 14.6 Å². The molecule has 1 aliphatic rings. The summed E-state index contributed by atoms with van der Waals surface area (Å²) < 4.78 is 1.89. The van der Waals surface area contributed by atoms with E-state index in [-0.39, 0.29) is 23.9 Å². The summed E-state index contributed by atoms with van der Waals surface area (Å²) >= 11 is 0. The molecular weight excluding hydrogens is 414 g/mol. The van der Waals surface area contributed by atoms with Crippen molar-refractivity contribution in [2.45, 2.75) is 52.6 Å². The highest BCUT2D eigenvalue weighted by atomic mass is 16.1. The lowest BCUT2D eigenvalue weighted by molar-refractivity contribution is 0.0929. The molecule has 1 fully saturated rings. The second-order valence-corrected chi connectivity index (χ2v) is 9.52. The number of carbonyl (C=O) groups excluding carboxylic acids is 1. The molecule has 176 valence electrons. The van der Waals surface area contributed by atoms with E-state index in [9.17, 15) is 4.79 Å². The molecule has 4 heterocycles. The van der Waals surface area contributed by atoms with Crippen LogP contribution in [0.1, 0.15) is 62.6 Å². The minimum atomic E-state index is -0.0628. The van der Waals surface area contributed by atoms with E-state index in [1.807, 2.05) is 29.1 Å². The van der Waals surface area contributed by atoms with E-state index < -0.39 is 0 Å². The van der Waals surface area contributed by atoms with E-state index in [2.05, 4.69) is 65.9 Å². The third-order valence-corrected chi connectivity index (χ3v) is 6.17. The van der Waals surface area contributed by atoms with Gasteiger partial charge in [-0.05, 0) is 44.9 Å². The summed E-state index contributed by atoms with van der Waals surface area (Å²) in [7, 11) is 0. The van der Waals surface area contributed by atoms with Gasteiger partial charge < -0.3 is 10.2 Å². The minimum Gasteiger partial charge on any atom is -0.354 e. The zero-order valence-electron chi connectivity index (χ0n) is 20.3. The van der Waals surface area contributed by atoms with Gasteiger partial charge in [-0.2, -0.15) is 5.10 Å². The molecule has 1 saturated heterocycles. The van der Waals surface area contributed by atoms with Crippen LogP contribution in [0, 0.1) is 0 Å². The highest BCUT2D eigenvalue weighted by Gasteiger charge is 2.23. The number of aromatic nitrogens is 4. The summed E-state index contributed by atoms with van der Waals surface area (Å²) in [5.74, 6) is 1.19. The number of nitrogens with zero attached hydrogens (tertiary/aromatic N) is 6. The highest BCUT2D eigenvalue weighted by molar-refractivity contribution is 6.05. The molecule has 0 saturated carbocycles. The first-order chi connectivity index (χ1) is 15.8. The van der Waals surface area contributed by atoms with E-state index in [1.54, 1.807) is 6.20 Å². The maximum absolute atomic E-state index is 13.3. The number of fused-ring (bicyclic) bond motifs is 1. The van der Waals surface area contributed by atoms with Crippen molar-refractivity contribution < 1.29 is 4.79 Å². The zero-order valence-corrected chi connectivity index (χ0v) is 20.3. The summed E-state index contributed by atoms with van der Waals surface area (Å²) in [5, 5.41) is 8.52. The number of nitrogens with one attached hydrogen (secondary N) is 1. The number of pyridine rings is 2. The van der Waals surface area contributed by atoms with Crippen LogP contribution < -0.4 is 10.2 Å². The van der Waals surface area contributed by atoms with E-state index in [0.717, 1.165) is 55.3 Å². The van der Waals surface area contributed by atoms with Crippen LogP contribution in [0.3, 0.4) is 0 Å². The fraction of sp³-hybridized carbons (Fsp3) is 0.520. The number of carbonyl (C=O) groups is 1. The number of piperazine rings is 1. The Morgan fingerprint density at radius 2 is 1.85 bits per heavy atom. The van der Waals surface area contributed by atoms with Gasteiger partial charge in [-0.3, -0.25) is 9.69 Å². The van der Waals surface area contributed by atoms with Crippen molar-refractivity contribution in [3.8, 4) is 0 Å². The van der Waals surface area contributed by atoms with Crippen molar-refractivity contribution in [1.82, 2.24) is 30.0 Å². The maximum atomic E-state index is 13.3. The number of rotatable bonds is 7. The predicted molar refractivity (Wildman–Crippen MR) is 132 cm³/mol. The van der Waals surface area contributed by atoms with Crippen LogP contribution in [-0.4, -0.2) is 69.3 Å². The van der Waals surface area contributed by atoms with Crippen LogP contribution in [0.4, 0.5) is 5.82 Å². The Labute approximate surface area is 196 Å². The first kappa shape index (κ1) is 23.2. The van der Waals surface area contributed by atoms with E-state index >= 15 is 0 Å². The molecule has 1 unspecified atom stereocenters. The van der Waals surface area contributed by atoms with Gasteiger partial charge in [0, 0.05) is 56.7 Å². The average molecular weight is 450 g/mol. The second-order valence-electron chi connectivity index (χ2n) is 9.52. The third-order valence-electron chi connectivity index (χ3n) is 6.17. The van der Waals surface area contributed by atoms with E-state index in [4.69, 9.17) is 4.98 Å². The van der Waals surface area contributed by atoms with E-state index in [0.29, 0.717) is 5.56 Å². The largest absolute Gasteiger partial charge is 0.354 e. The molecule has 1 atom stereocenters. The third kappa shape index (κ3) is 5.16. The first-order valence-corrected chi connectivity index (χ1v) is 11.9. The molecular formula is C25H35N7O. The van der Waals surface area contributed by atoms with Gasteiger partial charge in [-0.1, -0.05) is 19.9 Å². The van der Waals surface area contributed by atoms with Gasteiger partial charge in [0.15, 0.2) is 5.65 Å². The predicted octanol–water partition coefficient (Wildman–Crippen LogP) is 3.47. The SMILES string of the molecule is CC(CN1CCN(c2ccccn2)CC1)NC(=O)c1cc(C(C)C)nc2c1cnn2C(C)C. The molecule has 33 heavy (non-hydrogen) atoms. The number of hydrogen-bond donors (Lipinski definition) is 1. The fourth-order valence-electron chi connectivity index (χ4n) is 4.33. The lowest BCUT2D eigenvalue weighted by Gasteiger charge is -2.36. The van der Waals surface area contributed by atoms with Gasteiger partial charge in [0.2, 0.25) is 0 Å². The maximum Gasteiger partial charge on any atom is 0.252 e. The summed E-state index contributed by atoms with van der Waals surface area (Å²) in [5.41, 5.74) is 2.34. The molecule has 8 nitrogen and oxygen atoms in total. The summed E-state index contributed by atoms with van der Waals surface area (Å²) in [6.45, 7) is 15.0. The van der Waals surface area contributed by atoms with Crippen LogP contribution in [-0.2, 0) is 0 Å². The molecule has 0 bridgehead atoms. The molecule has 0 radical (unpaired) electrons. The van der Waals surface area contributed by atoms with Crippen LogP contribution in [0.25, 0.3) is 11.0 Å². The molecule has 1 amide bonds. The van der Waals surface area contributed by atoms with Crippen molar-refractivity contribution in [2.24, 2.45) is 0 Å². The van der Waals surface area contributed by atoms with Gasteiger partial charge in [0.05, 0.1) is 17.1 Å².